The van der Waals surface area contributed by atoms with Crippen LogP contribution in [0.15, 0.2) is 64.5 Å². The molecule has 18 heavy (non-hydrogen) atoms. The predicted molar refractivity (Wildman–Crippen MR) is 76.8 cm³/mol. The molecule has 88 valence electrons. The van der Waals surface area contributed by atoms with E-state index in [1.54, 1.807) is 12.4 Å². The quantitative estimate of drug-likeness (QED) is 0.874. The Morgan fingerprint density at radius 2 is 2.06 bits per heavy atom. The van der Waals surface area contributed by atoms with Gasteiger partial charge in [-0.1, -0.05) is 22.0 Å². The van der Waals surface area contributed by atoms with Crippen molar-refractivity contribution in [1.82, 2.24) is 4.98 Å². The van der Waals surface area contributed by atoms with Gasteiger partial charge in [0.25, 0.3) is 0 Å². The minimum absolute atomic E-state index is 0.866. The Morgan fingerprint density at radius 1 is 1.11 bits per heavy atom. The number of halogens is 1. The van der Waals surface area contributed by atoms with E-state index in [0.29, 0.717) is 0 Å². The molecule has 2 aromatic rings. The van der Waals surface area contributed by atoms with Crippen LogP contribution in [0.5, 0.6) is 0 Å². The van der Waals surface area contributed by atoms with Gasteiger partial charge < -0.3 is 5.32 Å². The number of nitrogens with zero attached hydrogens (tertiary/aromatic N) is 2. The first-order valence-corrected chi connectivity index (χ1v) is 6.34. The molecule has 0 bridgehead atoms. The van der Waals surface area contributed by atoms with E-state index in [1.807, 2.05) is 42.6 Å². The Morgan fingerprint density at radius 3 is 2.89 bits per heavy atom. The number of rotatable bonds is 1. The SMILES string of the molecule is Brc1ccc2c(c1)C(c1ccccn1)=NC=CN2. The Bertz CT molecular complexity index is 633. The van der Waals surface area contributed by atoms with E-state index in [0.717, 1.165) is 27.1 Å². The monoisotopic (exact) mass is 299 g/mol. The van der Waals surface area contributed by atoms with Gasteiger partial charge in [0, 0.05) is 34.3 Å². The zero-order valence-corrected chi connectivity index (χ0v) is 11.1. The molecule has 3 nitrogen and oxygen atoms in total. The van der Waals surface area contributed by atoms with E-state index < -0.39 is 0 Å². The van der Waals surface area contributed by atoms with Crippen LogP contribution in [-0.2, 0) is 0 Å². The highest BCUT2D eigenvalue weighted by Gasteiger charge is 2.14. The van der Waals surface area contributed by atoms with Crippen LogP contribution < -0.4 is 5.32 Å². The summed E-state index contributed by atoms with van der Waals surface area (Å²) < 4.78 is 1.02. The maximum Gasteiger partial charge on any atom is 0.0980 e. The summed E-state index contributed by atoms with van der Waals surface area (Å²) in [5.74, 6) is 0. The van der Waals surface area contributed by atoms with E-state index in [1.165, 1.54) is 0 Å². The highest BCUT2D eigenvalue weighted by atomic mass is 79.9. The van der Waals surface area contributed by atoms with Crippen molar-refractivity contribution in [2.45, 2.75) is 0 Å². The summed E-state index contributed by atoms with van der Waals surface area (Å²) in [5, 5.41) is 3.21. The van der Waals surface area contributed by atoms with Gasteiger partial charge in [0.05, 0.1) is 11.4 Å². The average molecular weight is 300 g/mol. The minimum Gasteiger partial charge on any atom is -0.360 e. The van der Waals surface area contributed by atoms with Crippen molar-refractivity contribution in [3.05, 3.63) is 70.7 Å². The van der Waals surface area contributed by atoms with Crippen LogP contribution in [0.1, 0.15) is 11.3 Å². The topological polar surface area (TPSA) is 37.3 Å². The molecule has 0 aliphatic carbocycles. The minimum atomic E-state index is 0.866. The van der Waals surface area contributed by atoms with Crippen LogP contribution in [0.3, 0.4) is 0 Å². The number of hydrogen-bond acceptors (Lipinski definition) is 3. The fourth-order valence-electron chi connectivity index (χ4n) is 1.85. The number of fused-ring (bicyclic) bond motifs is 1. The summed E-state index contributed by atoms with van der Waals surface area (Å²) in [7, 11) is 0. The fraction of sp³-hybridized carbons (Fsp3) is 0. The molecular formula is C14H10BrN3. The van der Waals surface area contributed by atoms with Crippen LogP contribution >= 0.6 is 15.9 Å². The largest absolute Gasteiger partial charge is 0.360 e. The molecule has 4 heteroatoms. The molecule has 0 radical (unpaired) electrons. The number of hydrogen-bond donors (Lipinski definition) is 1. The normalized spacial score (nSPS) is 13.3. The molecule has 3 rings (SSSR count). The van der Waals surface area contributed by atoms with E-state index in [-0.39, 0.29) is 0 Å². The number of anilines is 1. The smallest absolute Gasteiger partial charge is 0.0980 e. The van der Waals surface area contributed by atoms with Crippen molar-refractivity contribution in [3.63, 3.8) is 0 Å². The summed E-state index contributed by atoms with van der Waals surface area (Å²) in [6.45, 7) is 0. The molecule has 0 fully saturated rings. The summed E-state index contributed by atoms with van der Waals surface area (Å²) >= 11 is 3.49. The Kier molecular flexibility index (Phi) is 2.94. The molecule has 1 aromatic heterocycles. The number of pyridine rings is 1. The van der Waals surface area contributed by atoms with Gasteiger partial charge in [0.2, 0.25) is 0 Å². The Hall–Kier alpha value is -1.94. The second-order valence-corrected chi connectivity index (χ2v) is 4.76. The van der Waals surface area contributed by atoms with Gasteiger partial charge in [-0.2, -0.15) is 0 Å². The van der Waals surface area contributed by atoms with Gasteiger partial charge in [-0.15, -0.1) is 0 Å². The van der Waals surface area contributed by atoms with Crippen molar-refractivity contribution >= 4 is 27.3 Å². The second kappa shape index (κ2) is 4.74. The van der Waals surface area contributed by atoms with E-state index >= 15 is 0 Å². The van der Waals surface area contributed by atoms with Crippen molar-refractivity contribution in [2.24, 2.45) is 4.99 Å². The highest BCUT2D eigenvalue weighted by Crippen LogP contribution is 2.25. The van der Waals surface area contributed by atoms with Gasteiger partial charge >= 0.3 is 0 Å². The zero-order chi connectivity index (χ0) is 12.4. The van der Waals surface area contributed by atoms with Crippen molar-refractivity contribution in [3.8, 4) is 0 Å². The molecule has 0 saturated heterocycles. The molecular weight excluding hydrogens is 290 g/mol. The molecule has 0 amide bonds. The first-order valence-electron chi connectivity index (χ1n) is 5.55. The number of aromatic nitrogens is 1. The fourth-order valence-corrected chi connectivity index (χ4v) is 2.21. The third kappa shape index (κ3) is 2.07. The average Bonchev–Trinajstić information content (AvgIpc) is 2.61. The van der Waals surface area contributed by atoms with Gasteiger partial charge in [0.1, 0.15) is 0 Å². The molecule has 1 aromatic carbocycles. The lowest BCUT2D eigenvalue weighted by atomic mass is 10.0. The van der Waals surface area contributed by atoms with Crippen LogP contribution in [0.2, 0.25) is 0 Å². The maximum atomic E-state index is 4.47. The molecule has 0 saturated carbocycles. The van der Waals surface area contributed by atoms with E-state index in [2.05, 4.69) is 31.2 Å². The molecule has 0 atom stereocenters. The number of aliphatic imine (C=N–C) groups is 1. The molecule has 1 N–H and O–H groups in total. The molecule has 1 aliphatic rings. The molecule has 0 unspecified atom stereocenters. The summed E-state index contributed by atoms with van der Waals surface area (Å²) in [6, 6.07) is 11.9. The van der Waals surface area contributed by atoms with Crippen molar-refractivity contribution in [1.29, 1.82) is 0 Å². The van der Waals surface area contributed by atoms with Crippen molar-refractivity contribution in [2.75, 3.05) is 5.32 Å². The Labute approximate surface area is 113 Å². The number of benzene rings is 1. The van der Waals surface area contributed by atoms with Gasteiger partial charge in [0.15, 0.2) is 0 Å². The van der Waals surface area contributed by atoms with Crippen LogP contribution in [-0.4, -0.2) is 10.7 Å². The van der Waals surface area contributed by atoms with Gasteiger partial charge in [-0.3, -0.25) is 9.98 Å². The zero-order valence-electron chi connectivity index (χ0n) is 9.47. The van der Waals surface area contributed by atoms with Crippen molar-refractivity contribution < 1.29 is 0 Å². The molecule has 2 heterocycles. The predicted octanol–water partition coefficient (Wildman–Crippen LogP) is 3.58. The highest BCUT2D eigenvalue weighted by molar-refractivity contribution is 9.10. The second-order valence-electron chi connectivity index (χ2n) is 3.84. The number of nitrogens with one attached hydrogen (secondary N) is 1. The first kappa shape index (κ1) is 11.2. The van der Waals surface area contributed by atoms with Gasteiger partial charge in [-0.05, 0) is 30.3 Å². The lowest BCUT2D eigenvalue weighted by Crippen LogP contribution is -2.06. The van der Waals surface area contributed by atoms with E-state index in [9.17, 15) is 0 Å². The maximum absolute atomic E-state index is 4.47. The van der Waals surface area contributed by atoms with E-state index in [4.69, 9.17) is 0 Å². The van der Waals surface area contributed by atoms with Crippen LogP contribution in [0.25, 0.3) is 0 Å². The third-order valence-corrected chi connectivity index (χ3v) is 3.15. The summed E-state index contributed by atoms with van der Waals surface area (Å²) in [5.41, 5.74) is 3.79. The summed E-state index contributed by atoms with van der Waals surface area (Å²) in [6.07, 6.45) is 5.35. The third-order valence-electron chi connectivity index (χ3n) is 2.66. The standard InChI is InChI=1S/C14H10BrN3/c15-10-4-5-12-11(9-10)14(18-8-7-17-12)13-3-1-2-6-16-13/h1-9,17H. The lowest BCUT2D eigenvalue weighted by Gasteiger charge is -2.09. The first-order chi connectivity index (χ1) is 8.84. The van der Waals surface area contributed by atoms with Crippen LogP contribution in [0, 0.1) is 0 Å². The van der Waals surface area contributed by atoms with Crippen LogP contribution in [0.4, 0.5) is 5.69 Å². The summed E-state index contributed by atoms with van der Waals surface area (Å²) in [4.78, 5) is 8.83. The Balaban J connectivity index is 2.19. The molecule has 1 aliphatic heterocycles. The molecule has 0 spiro atoms. The van der Waals surface area contributed by atoms with Gasteiger partial charge in [-0.25, -0.2) is 0 Å². The lowest BCUT2D eigenvalue weighted by molar-refractivity contribution is 1.28.